The minimum atomic E-state index is -0.418. The lowest BCUT2D eigenvalue weighted by atomic mass is 10.2. The first-order chi connectivity index (χ1) is 6.65. The second-order valence-electron chi connectivity index (χ2n) is 2.91. The van der Waals surface area contributed by atoms with Crippen LogP contribution in [0.1, 0.15) is 23.7 Å². The predicted octanol–water partition coefficient (Wildman–Crippen LogP) is 1.54. The third kappa shape index (κ3) is 2.39. The van der Waals surface area contributed by atoms with Gasteiger partial charge in [0.15, 0.2) is 0 Å². The Morgan fingerprint density at radius 1 is 1.57 bits per heavy atom. The molecule has 0 amide bonds. The molecule has 0 aromatic heterocycles. The van der Waals surface area contributed by atoms with Gasteiger partial charge in [0, 0.05) is 0 Å². The highest BCUT2D eigenvalue weighted by molar-refractivity contribution is 5.90. The van der Waals surface area contributed by atoms with E-state index in [4.69, 9.17) is 15.6 Å². The van der Waals surface area contributed by atoms with Crippen molar-refractivity contribution >= 4 is 11.7 Å². The number of nitrogen functional groups attached to an aromatic ring is 1. The van der Waals surface area contributed by atoms with E-state index in [-0.39, 0.29) is 11.4 Å². The van der Waals surface area contributed by atoms with Crippen molar-refractivity contribution in [3.8, 4) is 5.75 Å². The number of phenols is 1. The number of hydrogen-bond acceptors (Lipinski definition) is 4. The molecule has 0 radical (unpaired) electrons. The Bertz CT molecular complexity index is 336. The molecule has 4 heteroatoms. The van der Waals surface area contributed by atoms with Gasteiger partial charge in [-0.15, -0.1) is 0 Å². The Morgan fingerprint density at radius 3 is 2.86 bits per heavy atom. The lowest BCUT2D eigenvalue weighted by Gasteiger charge is -2.04. The van der Waals surface area contributed by atoms with E-state index < -0.39 is 5.97 Å². The van der Waals surface area contributed by atoms with Crippen molar-refractivity contribution in [3.05, 3.63) is 23.8 Å². The van der Waals surface area contributed by atoms with Crippen molar-refractivity contribution in [1.29, 1.82) is 0 Å². The van der Waals surface area contributed by atoms with Gasteiger partial charge in [0.2, 0.25) is 0 Å². The van der Waals surface area contributed by atoms with Gasteiger partial charge < -0.3 is 15.6 Å². The maximum atomic E-state index is 11.3. The Labute approximate surface area is 82.3 Å². The van der Waals surface area contributed by atoms with E-state index in [0.717, 1.165) is 6.42 Å². The molecular weight excluding hydrogens is 182 g/mol. The summed E-state index contributed by atoms with van der Waals surface area (Å²) in [7, 11) is 0. The molecule has 0 fully saturated rings. The van der Waals surface area contributed by atoms with Gasteiger partial charge in [0.1, 0.15) is 5.75 Å². The van der Waals surface area contributed by atoms with Crippen molar-refractivity contribution in [3.63, 3.8) is 0 Å². The van der Waals surface area contributed by atoms with Crippen LogP contribution < -0.4 is 5.73 Å². The highest BCUT2D eigenvalue weighted by atomic mass is 16.5. The van der Waals surface area contributed by atoms with Crippen molar-refractivity contribution < 1.29 is 14.6 Å². The first-order valence-electron chi connectivity index (χ1n) is 4.40. The molecule has 76 valence electrons. The van der Waals surface area contributed by atoms with Crippen LogP contribution in [0, 0.1) is 0 Å². The number of ether oxygens (including phenoxy) is 1. The highest BCUT2D eigenvalue weighted by Gasteiger charge is 2.08. The fraction of sp³-hybridized carbons (Fsp3) is 0.300. The zero-order valence-corrected chi connectivity index (χ0v) is 7.99. The summed E-state index contributed by atoms with van der Waals surface area (Å²) < 4.78 is 4.90. The van der Waals surface area contributed by atoms with Crippen LogP contribution in [-0.2, 0) is 4.74 Å². The summed E-state index contributed by atoms with van der Waals surface area (Å²) in [4.78, 5) is 11.3. The number of carbonyl (C=O) groups excluding carboxylic acids is 1. The summed E-state index contributed by atoms with van der Waals surface area (Å²) in [6.07, 6.45) is 0.777. The quantitative estimate of drug-likeness (QED) is 0.436. The first kappa shape index (κ1) is 10.4. The fourth-order valence-electron chi connectivity index (χ4n) is 0.960. The minimum absolute atomic E-state index is 0.0305. The maximum Gasteiger partial charge on any atom is 0.338 e. The Kier molecular flexibility index (Phi) is 3.34. The summed E-state index contributed by atoms with van der Waals surface area (Å²) in [6.45, 7) is 2.30. The zero-order valence-electron chi connectivity index (χ0n) is 7.99. The molecule has 14 heavy (non-hydrogen) atoms. The van der Waals surface area contributed by atoms with Crippen LogP contribution in [0.5, 0.6) is 5.75 Å². The number of rotatable bonds is 3. The number of anilines is 1. The molecule has 0 bridgehead atoms. The van der Waals surface area contributed by atoms with Crippen LogP contribution in [0.2, 0.25) is 0 Å². The number of aromatic hydroxyl groups is 1. The van der Waals surface area contributed by atoms with Gasteiger partial charge in [-0.05, 0) is 24.6 Å². The van der Waals surface area contributed by atoms with Crippen molar-refractivity contribution in [1.82, 2.24) is 0 Å². The van der Waals surface area contributed by atoms with Gasteiger partial charge in [0.05, 0.1) is 17.9 Å². The Morgan fingerprint density at radius 2 is 2.29 bits per heavy atom. The van der Waals surface area contributed by atoms with Gasteiger partial charge in [-0.2, -0.15) is 0 Å². The Hall–Kier alpha value is -1.71. The third-order valence-corrected chi connectivity index (χ3v) is 1.70. The fourth-order valence-corrected chi connectivity index (χ4v) is 0.960. The zero-order chi connectivity index (χ0) is 10.6. The van der Waals surface area contributed by atoms with Crippen LogP contribution in [-0.4, -0.2) is 17.7 Å². The normalized spacial score (nSPS) is 9.79. The van der Waals surface area contributed by atoms with E-state index in [1.165, 1.54) is 18.2 Å². The summed E-state index contributed by atoms with van der Waals surface area (Å²) in [5.74, 6) is -0.449. The smallest absolute Gasteiger partial charge is 0.338 e. The molecule has 0 aliphatic rings. The van der Waals surface area contributed by atoms with Crippen LogP contribution in [0.25, 0.3) is 0 Å². The Balaban J connectivity index is 2.76. The molecule has 0 saturated heterocycles. The van der Waals surface area contributed by atoms with Gasteiger partial charge >= 0.3 is 5.97 Å². The van der Waals surface area contributed by atoms with Gasteiger partial charge in [-0.1, -0.05) is 6.92 Å². The highest BCUT2D eigenvalue weighted by Crippen LogP contribution is 2.20. The lowest BCUT2D eigenvalue weighted by molar-refractivity contribution is 0.0505. The molecule has 3 N–H and O–H groups in total. The lowest BCUT2D eigenvalue weighted by Crippen LogP contribution is -2.06. The molecule has 0 aliphatic carbocycles. The largest absolute Gasteiger partial charge is 0.506 e. The van der Waals surface area contributed by atoms with E-state index in [1.807, 2.05) is 6.92 Å². The standard InChI is InChI=1S/C10H13NO3/c1-2-5-14-10(13)7-3-4-9(12)8(11)6-7/h3-4,6,12H,2,5,11H2,1H3. The summed E-state index contributed by atoms with van der Waals surface area (Å²) >= 11 is 0. The molecule has 0 heterocycles. The van der Waals surface area contributed by atoms with Gasteiger partial charge in [0.25, 0.3) is 0 Å². The average Bonchev–Trinajstić information content (AvgIpc) is 2.18. The van der Waals surface area contributed by atoms with E-state index in [1.54, 1.807) is 0 Å². The van der Waals surface area contributed by atoms with Crippen molar-refractivity contribution in [2.75, 3.05) is 12.3 Å². The summed E-state index contributed by atoms with van der Waals surface area (Å²) in [5, 5.41) is 9.12. The molecule has 1 aromatic carbocycles. The SMILES string of the molecule is CCCOC(=O)c1ccc(O)c(N)c1. The summed E-state index contributed by atoms with van der Waals surface area (Å²) in [6, 6.07) is 4.24. The molecule has 0 atom stereocenters. The van der Waals surface area contributed by atoms with E-state index in [9.17, 15) is 4.79 Å². The third-order valence-electron chi connectivity index (χ3n) is 1.70. The predicted molar refractivity (Wildman–Crippen MR) is 53.1 cm³/mol. The van der Waals surface area contributed by atoms with E-state index in [2.05, 4.69) is 0 Å². The monoisotopic (exact) mass is 195 g/mol. The van der Waals surface area contributed by atoms with Gasteiger partial charge in [-0.25, -0.2) is 4.79 Å². The first-order valence-corrected chi connectivity index (χ1v) is 4.40. The molecular formula is C10H13NO3. The second-order valence-corrected chi connectivity index (χ2v) is 2.91. The second kappa shape index (κ2) is 4.50. The van der Waals surface area contributed by atoms with Crippen LogP contribution in [0.15, 0.2) is 18.2 Å². The number of carbonyl (C=O) groups is 1. The van der Waals surface area contributed by atoms with Crippen molar-refractivity contribution in [2.45, 2.75) is 13.3 Å². The van der Waals surface area contributed by atoms with Gasteiger partial charge in [-0.3, -0.25) is 0 Å². The number of hydrogen-bond donors (Lipinski definition) is 2. The van der Waals surface area contributed by atoms with Crippen molar-refractivity contribution in [2.24, 2.45) is 0 Å². The number of benzene rings is 1. The molecule has 0 unspecified atom stereocenters. The minimum Gasteiger partial charge on any atom is -0.506 e. The summed E-state index contributed by atoms with van der Waals surface area (Å²) in [5.41, 5.74) is 5.96. The molecule has 0 saturated carbocycles. The molecule has 0 spiro atoms. The van der Waals surface area contributed by atoms with Crippen LogP contribution in [0.4, 0.5) is 5.69 Å². The van der Waals surface area contributed by atoms with Crippen LogP contribution >= 0.6 is 0 Å². The maximum absolute atomic E-state index is 11.3. The average molecular weight is 195 g/mol. The van der Waals surface area contributed by atoms with E-state index in [0.29, 0.717) is 12.2 Å². The molecule has 4 nitrogen and oxygen atoms in total. The van der Waals surface area contributed by atoms with E-state index >= 15 is 0 Å². The number of phenolic OH excluding ortho intramolecular Hbond substituents is 1. The van der Waals surface area contributed by atoms with Crippen LogP contribution in [0.3, 0.4) is 0 Å². The number of esters is 1. The molecule has 1 aromatic rings. The molecule has 0 aliphatic heterocycles. The topological polar surface area (TPSA) is 72.5 Å². The number of nitrogens with two attached hydrogens (primary N) is 1. The molecule has 1 rings (SSSR count).